The maximum absolute atomic E-state index is 11.6. The molecule has 0 radical (unpaired) electrons. The van der Waals surface area contributed by atoms with Gasteiger partial charge in [-0.2, -0.15) is 0 Å². The molecule has 16 heavy (non-hydrogen) atoms. The van der Waals surface area contributed by atoms with Crippen molar-refractivity contribution in [1.82, 2.24) is 0 Å². The number of ether oxygens (including phenoxy) is 1. The highest BCUT2D eigenvalue weighted by Gasteiger charge is 2.15. The number of methoxy groups -OCH3 is 1. The molecule has 0 heterocycles. The Hall–Kier alpha value is -0.960. The lowest BCUT2D eigenvalue weighted by Gasteiger charge is -2.14. The van der Waals surface area contributed by atoms with E-state index in [0.717, 1.165) is 11.3 Å². The van der Waals surface area contributed by atoms with Crippen LogP contribution in [0.5, 0.6) is 5.75 Å². The molecule has 0 fully saturated rings. The predicted molar refractivity (Wildman–Crippen MR) is 68.6 cm³/mol. The van der Waals surface area contributed by atoms with E-state index in [1.54, 1.807) is 25.8 Å². The lowest BCUT2D eigenvalue weighted by molar-refractivity contribution is 0.101. The molecule has 1 unspecified atom stereocenters. The lowest BCUT2D eigenvalue weighted by atomic mass is 10.1. The van der Waals surface area contributed by atoms with Crippen LogP contribution >= 0.6 is 11.8 Å². The zero-order chi connectivity index (χ0) is 12.1. The minimum atomic E-state index is 0.0586. The van der Waals surface area contributed by atoms with Gasteiger partial charge in [0.25, 0.3) is 0 Å². The fourth-order valence-corrected chi connectivity index (χ4v) is 2.55. The van der Waals surface area contributed by atoms with E-state index in [9.17, 15) is 4.79 Å². The van der Waals surface area contributed by atoms with E-state index < -0.39 is 0 Å². The first-order valence-corrected chi connectivity index (χ1v) is 6.32. The molecule has 1 rings (SSSR count). The Labute approximate surface area is 101 Å². The molecule has 1 atom stereocenters. The number of hydrogen-bond acceptors (Lipinski definition) is 3. The number of carbonyl (C=O) groups excluding carboxylic acids is 1. The molecule has 1 aromatic rings. The molecule has 3 heteroatoms. The molecule has 0 aliphatic heterocycles. The fourth-order valence-electron chi connectivity index (χ4n) is 1.43. The molecule has 0 amide bonds. The Morgan fingerprint density at radius 2 is 2.19 bits per heavy atom. The fraction of sp³-hybridized carbons (Fsp3) is 0.462. The highest BCUT2D eigenvalue weighted by Crippen LogP contribution is 2.33. The van der Waals surface area contributed by atoms with Crippen LogP contribution in [0.15, 0.2) is 23.1 Å². The van der Waals surface area contributed by atoms with Gasteiger partial charge >= 0.3 is 0 Å². The number of thioether (sulfide) groups is 1. The van der Waals surface area contributed by atoms with Crippen LogP contribution in [-0.4, -0.2) is 18.1 Å². The standard InChI is InChI=1S/C13H18O2S/c1-5-9(2)16-12-8-6-7-11(15-4)13(12)10(3)14/h6-9H,5H2,1-4H3. The van der Waals surface area contributed by atoms with Gasteiger partial charge in [0.1, 0.15) is 5.75 Å². The van der Waals surface area contributed by atoms with E-state index in [4.69, 9.17) is 4.74 Å². The number of hydrogen-bond donors (Lipinski definition) is 0. The molecule has 0 bridgehead atoms. The van der Waals surface area contributed by atoms with Gasteiger partial charge in [0.05, 0.1) is 12.7 Å². The second-order valence-electron chi connectivity index (χ2n) is 3.73. The van der Waals surface area contributed by atoms with Gasteiger partial charge in [0, 0.05) is 10.1 Å². The monoisotopic (exact) mass is 238 g/mol. The quantitative estimate of drug-likeness (QED) is 0.576. The van der Waals surface area contributed by atoms with E-state index >= 15 is 0 Å². The second-order valence-corrected chi connectivity index (χ2v) is 5.21. The Morgan fingerprint density at radius 1 is 1.50 bits per heavy atom. The minimum absolute atomic E-state index is 0.0586. The number of carbonyl (C=O) groups is 1. The van der Waals surface area contributed by atoms with Crippen LogP contribution in [0, 0.1) is 0 Å². The third-order valence-electron chi connectivity index (χ3n) is 2.46. The zero-order valence-corrected chi connectivity index (χ0v) is 11.1. The first kappa shape index (κ1) is 13.1. The van der Waals surface area contributed by atoms with Crippen molar-refractivity contribution in [3.63, 3.8) is 0 Å². The summed E-state index contributed by atoms with van der Waals surface area (Å²) in [5.41, 5.74) is 0.704. The maximum Gasteiger partial charge on any atom is 0.164 e. The maximum atomic E-state index is 11.6. The van der Waals surface area contributed by atoms with Crippen LogP contribution < -0.4 is 4.74 Å². The van der Waals surface area contributed by atoms with Crippen molar-refractivity contribution in [2.24, 2.45) is 0 Å². The van der Waals surface area contributed by atoms with Crippen LogP contribution in [-0.2, 0) is 0 Å². The van der Waals surface area contributed by atoms with E-state index in [1.165, 1.54) is 0 Å². The Morgan fingerprint density at radius 3 is 2.69 bits per heavy atom. The summed E-state index contributed by atoms with van der Waals surface area (Å²) < 4.78 is 5.23. The average molecular weight is 238 g/mol. The van der Waals surface area contributed by atoms with Crippen LogP contribution in [0.25, 0.3) is 0 Å². The van der Waals surface area contributed by atoms with E-state index in [-0.39, 0.29) is 5.78 Å². The first-order chi connectivity index (χ1) is 7.60. The summed E-state index contributed by atoms with van der Waals surface area (Å²) in [6, 6.07) is 5.74. The topological polar surface area (TPSA) is 26.3 Å². The van der Waals surface area contributed by atoms with Gasteiger partial charge in [-0.3, -0.25) is 4.79 Å². The van der Waals surface area contributed by atoms with Gasteiger partial charge in [0.2, 0.25) is 0 Å². The van der Waals surface area contributed by atoms with Gasteiger partial charge in [0.15, 0.2) is 5.78 Å². The molecule has 0 saturated carbocycles. The summed E-state index contributed by atoms with van der Waals surface area (Å²) in [5.74, 6) is 0.726. The van der Waals surface area contributed by atoms with Crippen molar-refractivity contribution in [3.8, 4) is 5.75 Å². The third-order valence-corrected chi connectivity index (χ3v) is 3.79. The molecule has 0 N–H and O–H groups in total. The highest BCUT2D eigenvalue weighted by molar-refractivity contribution is 8.00. The van der Waals surface area contributed by atoms with Crippen LogP contribution in [0.1, 0.15) is 37.6 Å². The number of rotatable bonds is 5. The van der Waals surface area contributed by atoms with Crippen LogP contribution in [0.4, 0.5) is 0 Å². The largest absolute Gasteiger partial charge is 0.496 e. The molecular weight excluding hydrogens is 220 g/mol. The summed E-state index contributed by atoms with van der Waals surface area (Å²) in [7, 11) is 1.60. The molecule has 0 aliphatic rings. The van der Waals surface area contributed by atoms with Crippen LogP contribution in [0.3, 0.4) is 0 Å². The third kappa shape index (κ3) is 3.01. The van der Waals surface area contributed by atoms with E-state index in [1.807, 2.05) is 18.2 Å². The smallest absolute Gasteiger partial charge is 0.164 e. The van der Waals surface area contributed by atoms with Gasteiger partial charge in [-0.15, -0.1) is 11.8 Å². The minimum Gasteiger partial charge on any atom is -0.496 e. The van der Waals surface area contributed by atoms with Crippen molar-refractivity contribution < 1.29 is 9.53 Å². The van der Waals surface area contributed by atoms with Crippen molar-refractivity contribution in [2.45, 2.75) is 37.3 Å². The van der Waals surface area contributed by atoms with Gasteiger partial charge in [-0.25, -0.2) is 0 Å². The Bertz CT molecular complexity index is 374. The number of ketones is 1. The van der Waals surface area contributed by atoms with Crippen LogP contribution in [0.2, 0.25) is 0 Å². The summed E-state index contributed by atoms with van der Waals surface area (Å²) in [4.78, 5) is 12.6. The van der Waals surface area contributed by atoms with Gasteiger partial charge in [-0.05, 0) is 25.5 Å². The summed E-state index contributed by atoms with van der Waals surface area (Å²) in [5, 5.41) is 0.505. The molecule has 0 saturated heterocycles. The normalized spacial score (nSPS) is 12.2. The molecule has 2 nitrogen and oxygen atoms in total. The van der Waals surface area contributed by atoms with E-state index in [0.29, 0.717) is 16.6 Å². The van der Waals surface area contributed by atoms with Crippen molar-refractivity contribution in [2.75, 3.05) is 7.11 Å². The number of benzene rings is 1. The van der Waals surface area contributed by atoms with Gasteiger partial charge < -0.3 is 4.74 Å². The highest BCUT2D eigenvalue weighted by atomic mass is 32.2. The summed E-state index contributed by atoms with van der Waals surface area (Å²) >= 11 is 1.73. The molecule has 0 spiro atoms. The SMILES string of the molecule is CCC(C)Sc1cccc(OC)c1C(C)=O. The molecule has 0 aromatic heterocycles. The number of Topliss-reactive ketones (excluding diaryl/α,β-unsaturated/α-hetero) is 1. The summed E-state index contributed by atoms with van der Waals surface area (Å²) in [6.45, 7) is 5.89. The van der Waals surface area contributed by atoms with Gasteiger partial charge in [-0.1, -0.05) is 19.9 Å². The lowest BCUT2D eigenvalue weighted by Crippen LogP contribution is -2.02. The molecule has 1 aromatic carbocycles. The molecule has 0 aliphatic carbocycles. The van der Waals surface area contributed by atoms with Crippen molar-refractivity contribution in [3.05, 3.63) is 23.8 Å². The molecular formula is C13H18O2S. The van der Waals surface area contributed by atoms with Crippen molar-refractivity contribution >= 4 is 17.5 Å². The molecule has 88 valence electrons. The Kier molecular flexibility index (Phi) is 4.87. The zero-order valence-electron chi connectivity index (χ0n) is 10.2. The second kappa shape index (κ2) is 5.94. The van der Waals surface area contributed by atoms with E-state index in [2.05, 4.69) is 13.8 Å². The first-order valence-electron chi connectivity index (χ1n) is 5.44. The Balaban J connectivity index is 3.12. The van der Waals surface area contributed by atoms with Crippen molar-refractivity contribution in [1.29, 1.82) is 0 Å². The predicted octanol–water partition coefficient (Wildman–Crippen LogP) is 3.79. The average Bonchev–Trinajstić information content (AvgIpc) is 2.28. The summed E-state index contributed by atoms with van der Waals surface area (Å²) in [6.07, 6.45) is 1.08.